The van der Waals surface area contributed by atoms with E-state index >= 15 is 0 Å². The number of nitrogens with one attached hydrogen (secondary N) is 1. The zero-order valence-electron chi connectivity index (χ0n) is 18.7. The molecular weight excluding hydrogens is 436 g/mol. The van der Waals surface area contributed by atoms with Crippen LogP contribution in [0.1, 0.15) is 23.0 Å². The molecule has 3 aromatic rings. The minimum Gasteiger partial charge on any atom is -0.459 e. The number of piperazine rings is 1. The van der Waals surface area contributed by atoms with E-state index in [1.165, 1.54) is 6.26 Å². The Morgan fingerprint density at radius 2 is 1.65 bits per heavy atom. The van der Waals surface area contributed by atoms with E-state index in [2.05, 4.69) is 5.32 Å². The van der Waals surface area contributed by atoms with Crippen LogP contribution in [0.25, 0.3) is 10.8 Å². The predicted octanol–water partition coefficient (Wildman–Crippen LogP) is 2.18. The maximum absolute atomic E-state index is 13.4. The smallest absolute Gasteiger partial charge is 0.325 e. The van der Waals surface area contributed by atoms with Crippen molar-refractivity contribution in [1.29, 1.82) is 0 Å². The first-order chi connectivity index (χ1) is 16.4. The van der Waals surface area contributed by atoms with E-state index < -0.39 is 17.5 Å². The molecule has 1 unspecified atom stereocenters. The van der Waals surface area contributed by atoms with Crippen molar-refractivity contribution in [3.63, 3.8) is 0 Å². The Bertz CT molecular complexity index is 1270. The molecule has 9 nitrogen and oxygen atoms in total. The van der Waals surface area contributed by atoms with Crippen LogP contribution in [0.4, 0.5) is 4.79 Å². The van der Waals surface area contributed by atoms with Gasteiger partial charge in [-0.05, 0) is 35.4 Å². The number of hydrogen-bond acceptors (Lipinski definition) is 5. The third-order valence-corrected chi connectivity index (χ3v) is 6.55. The zero-order chi connectivity index (χ0) is 23.9. The number of fused-ring (bicyclic) bond motifs is 1. The lowest BCUT2D eigenvalue weighted by Crippen LogP contribution is -2.53. The fraction of sp³-hybridized carbons (Fsp3) is 0.280. The van der Waals surface area contributed by atoms with Crippen LogP contribution in [-0.4, -0.2) is 71.2 Å². The monoisotopic (exact) mass is 460 g/mol. The van der Waals surface area contributed by atoms with Crippen molar-refractivity contribution in [2.45, 2.75) is 12.5 Å². The van der Waals surface area contributed by atoms with Crippen LogP contribution in [0.5, 0.6) is 0 Å². The molecule has 9 heteroatoms. The highest BCUT2D eigenvalue weighted by Gasteiger charge is 2.50. The number of carbonyl (C=O) groups is 4. The summed E-state index contributed by atoms with van der Waals surface area (Å²) in [5.41, 5.74) is -0.587. The summed E-state index contributed by atoms with van der Waals surface area (Å²) in [6.45, 7) is 2.64. The van der Waals surface area contributed by atoms with E-state index in [9.17, 15) is 19.2 Å². The Morgan fingerprint density at radius 1 is 0.941 bits per heavy atom. The average Bonchev–Trinajstić information content (AvgIpc) is 3.47. The second-order valence-electron chi connectivity index (χ2n) is 8.62. The molecule has 174 valence electrons. The standard InChI is InChI=1S/C25H24N4O5/c1-25(19-9-4-7-17-6-2-3-8-18(17)19)23(32)29(24(33)26-25)16-21(30)27-11-13-28(14-12-27)22(31)20-10-5-15-34-20/h2-10,15H,11-14,16H2,1H3,(H,26,33). The molecule has 1 aromatic heterocycles. The van der Waals surface area contributed by atoms with E-state index in [-0.39, 0.29) is 24.1 Å². The maximum Gasteiger partial charge on any atom is 0.325 e. The molecular formula is C25H24N4O5. The van der Waals surface area contributed by atoms with Crippen molar-refractivity contribution in [2.24, 2.45) is 0 Å². The first-order valence-corrected chi connectivity index (χ1v) is 11.1. The Kier molecular flexibility index (Phi) is 5.31. The lowest BCUT2D eigenvalue weighted by molar-refractivity contribution is -0.139. The number of nitrogens with zero attached hydrogens (tertiary/aromatic N) is 3. The van der Waals surface area contributed by atoms with Gasteiger partial charge in [0.1, 0.15) is 12.1 Å². The Labute approximate surface area is 195 Å². The average molecular weight is 460 g/mol. The van der Waals surface area contributed by atoms with Gasteiger partial charge in [-0.2, -0.15) is 0 Å². The van der Waals surface area contributed by atoms with E-state index in [4.69, 9.17) is 4.42 Å². The molecule has 2 aliphatic heterocycles. The Balaban J connectivity index is 1.27. The number of hydrogen-bond donors (Lipinski definition) is 1. The highest BCUT2D eigenvalue weighted by Crippen LogP contribution is 2.33. The lowest BCUT2D eigenvalue weighted by Gasteiger charge is -2.34. The summed E-state index contributed by atoms with van der Waals surface area (Å²) in [6, 6.07) is 15.9. The minimum atomic E-state index is -1.27. The molecule has 1 atom stereocenters. The molecule has 0 spiro atoms. The van der Waals surface area contributed by atoms with Crippen molar-refractivity contribution < 1.29 is 23.6 Å². The van der Waals surface area contributed by atoms with Gasteiger partial charge in [-0.15, -0.1) is 0 Å². The third-order valence-electron chi connectivity index (χ3n) is 6.55. The molecule has 34 heavy (non-hydrogen) atoms. The largest absolute Gasteiger partial charge is 0.459 e. The Morgan fingerprint density at radius 3 is 2.38 bits per heavy atom. The van der Waals surface area contributed by atoms with E-state index in [1.807, 2.05) is 42.5 Å². The molecule has 0 saturated carbocycles. The zero-order valence-corrected chi connectivity index (χ0v) is 18.7. The summed E-state index contributed by atoms with van der Waals surface area (Å²) < 4.78 is 5.16. The van der Waals surface area contributed by atoms with Gasteiger partial charge in [-0.25, -0.2) is 4.79 Å². The third kappa shape index (κ3) is 3.59. The van der Waals surface area contributed by atoms with Crippen LogP contribution >= 0.6 is 0 Å². The molecule has 5 amide bonds. The van der Waals surface area contributed by atoms with Gasteiger partial charge in [-0.1, -0.05) is 42.5 Å². The summed E-state index contributed by atoms with van der Waals surface area (Å²) in [7, 11) is 0. The molecule has 1 N–H and O–H groups in total. The van der Waals surface area contributed by atoms with Gasteiger partial charge in [0.05, 0.1) is 6.26 Å². The summed E-state index contributed by atoms with van der Waals surface area (Å²) in [5, 5.41) is 4.61. The first-order valence-electron chi connectivity index (χ1n) is 11.1. The van der Waals surface area contributed by atoms with Crippen LogP contribution in [0.3, 0.4) is 0 Å². The van der Waals surface area contributed by atoms with Gasteiger partial charge in [0.15, 0.2) is 5.76 Å². The van der Waals surface area contributed by atoms with Gasteiger partial charge < -0.3 is 19.5 Å². The SMILES string of the molecule is CC1(c2cccc3ccccc23)NC(=O)N(CC(=O)N2CCN(C(=O)c3ccco3)CC2)C1=O. The number of benzene rings is 2. The van der Waals surface area contributed by atoms with Crippen LogP contribution in [0, 0.1) is 0 Å². The van der Waals surface area contributed by atoms with Crippen molar-refractivity contribution >= 4 is 34.5 Å². The number of urea groups is 1. The number of rotatable bonds is 4. The minimum absolute atomic E-state index is 0.225. The van der Waals surface area contributed by atoms with Crippen LogP contribution in [0.15, 0.2) is 65.3 Å². The topological polar surface area (TPSA) is 103 Å². The molecule has 2 aromatic carbocycles. The quantitative estimate of drug-likeness (QED) is 0.601. The number of carbonyl (C=O) groups excluding carboxylic acids is 4. The highest BCUT2D eigenvalue weighted by atomic mass is 16.3. The molecule has 2 saturated heterocycles. The fourth-order valence-corrected chi connectivity index (χ4v) is 4.63. The molecule has 3 heterocycles. The Hall–Kier alpha value is -4.14. The van der Waals surface area contributed by atoms with Crippen LogP contribution < -0.4 is 5.32 Å². The molecule has 0 bridgehead atoms. The van der Waals surface area contributed by atoms with Gasteiger partial charge in [0.2, 0.25) is 5.91 Å². The summed E-state index contributed by atoms with van der Waals surface area (Å²) in [6.07, 6.45) is 1.44. The highest BCUT2D eigenvalue weighted by molar-refractivity contribution is 6.10. The van der Waals surface area contributed by atoms with Gasteiger partial charge >= 0.3 is 6.03 Å². The second kappa shape index (κ2) is 8.33. The van der Waals surface area contributed by atoms with Crippen LogP contribution in [0.2, 0.25) is 0 Å². The van der Waals surface area contributed by atoms with E-state index in [0.717, 1.165) is 15.7 Å². The van der Waals surface area contributed by atoms with E-state index in [0.29, 0.717) is 31.7 Å². The maximum atomic E-state index is 13.4. The molecule has 2 fully saturated rings. The number of imide groups is 1. The second-order valence-corrected chi connectivity index (χ2v) is 8.62. The fourth-order valence-electron chi connectivity index (χ4n) is 4.63. The van der Waals surface area contributed by atoms with Gasteiger partial charge in [0.25, 0.3) is 11.8 Å². The van der Waals surface area contributed by atoms with E-state index in [1.54, 1.807) is 28.9 Å². The molecule has 0 radical (unpaired) electrons. The molecule has 2 aliphatic rings. The predicted molar refractivity (Wildman–Crippen MR) is 123 cm³/mol. The first kappa shape index (κ1) is 21.7. The van der Waals surface area contributed by atoms with Crippen molar-refractivity contribution in [3.05, 3.63) is 72.2 Å². The summed E-state index contributed by atoms with van der Waals surface area (Å²) >= 11 is 0. The van der Waals surface area contributed by atoms with Gasteiger partial charge in [-0.3, -0.25) is 19.3 Å². The van der Waals surface area contributed by atoms with Crippen molar-refractivity contribution in [2.75, 3.05) is 32.7 Å². The molecule has 0 aliphatic carbocycles. The number of furan rings is 1. The normalized spacial score (nSPS) is 20.7. The summed E-state index contributed by atoms with van der Waals surface area (Å²) in [5.74, 6) is -0.770. The molecule has 5 rings (SSSR count). The summed E-state index contributed by atoms with van der Waals surface area (Å²) in [4.78, 5) is 55.7. The van der Waals surface area contributed by atoms with Gasteiger partial charge in [0, 0.05) is 26.2 Å². The number of amides is 5. The van der Waals surface area contributed by atoms with Crippen LogP contribution in [-0.2, 0) is 15.1 Å². The van der Waals surface area contributed by atoms with Crippen molar-refractivity contribution in [1.82, 2.24) is 20.0 Å². The lowest BCUT2D eigenvalue weighted by atomic mass is 9.88. The van der Waals surface area contributed by atoms with Crippen molar-refractivity contribution in [3.8, 4) is 0 Å².